The molecule has 0 atom stereocenters. The van der Waals surface area contributed by atoms with Gasteiger partial charge in [-0.15, -0.1) is 0 Å². The van der Waals surface area contributed by atoms with Crippen molar-refractivity contribution in [2.45, 2.75) is 6.43 Å². The van der Waals surface area contributed by atoms with Crippen LogP contribution in [0.1, 0.15) is 10.4 Å². The zero-order valence-corrected chi connectivity index (χ0v) is 6.99. The highest BCUT2D eigenvalue weighted by atomic mass is 35.5. The summed E-state index contributed by atoms with van der Waals surface area (Å²) in [5.41, 5.74) is -0.290. The minimum Gasteiger partial charge on any atom is -0.288 e. The monoisotopic (exact) mass is 208 g/mol. The molecule has 0 aliphatic rings. The minimum absolute atomic E-state index is 0.290. The van der Waals surface area contributed by atoms with Crippen LogP contribution in [0.5, 0.6) is 0 Å². The fourth-order valence-corrected chi connectivity index (χ4v) is 0.956. The van der Waals surface area contributed by atoms with E-state index in [-0.39, 0.29) is 10.6 Å². The lowest BCUT2D eigenvalue weighted by molar-refractivity contribution is 0.0678. The zero-order valence-electron chi connectivity index (χ0n) is 6.23. The van der Waals surface area contributed by atoms with Crippen molar-refractivity contribution in [1.82, 2.24) is 0 Å². The molecule has 70 valence electrons. The summed E-state index contributed by atoms with van der Waals surface area (Å²) in [6.07, 6.45) is -3.10. The second-order valence-corrected chi connectivity index (χ2v) is 2.70. The Hall–Kier alpha value is -1.03. The minimum atomic E-state index is -3.10. The molecule has 0 bridgehead atoms. The standard InChI is InChI=1S/C8H4ClF3O/c9-5-3-4(1-2-6(5)10)7(13)8(11)12/h1-3,8H. The third-order valence-electron chi connectivity index (χ3n) is 1.40. The number of rotatable bonds is 2. The Labute approximate surface area is 77.1 Å². The van der Waals surface area contributed by atoms with Gasteiger partial charge in [-0.2, -0.15) is 0 Å². The molecule has 1 nitrogen and oxygen atoms in total. The number of Topliss-reactive ketones (excluding diaryl/α,β-unsaturated/α-hetero) is 1. The van der Waals surface area contributed by atoms with E-state index in [1.54, 1.807) is 0 Å². The number of hydrogen-bond donors (Lipinski definition) is 0. The van der Waals surface area contributed by atoms with Crippen molar-refractivity contribution in [1.29, 1.82) is 0 Å². The molecule has 13 heavy (non-hydrogen) atoms. The number of halogens is 4. The predicted octanol–water partition coefficient (Wildman–Crippen LogP) is 2.93. The van der Waals surface area contributed by atoms with E-state index in [0.29, 0.717) is 0 Å². The van der Waals surface area contributed by atoms with Crippen LogP contribution in [-0.2, 0) is 0 Å². The number of carbonyl (C=O) groups excluding carboxylic acids is 1. The van der Waals surface area contributed by atoms with Gasteiger partial charge >= 0.3 is 6.43 Å². The second-order valence-electron chi connectivity index (χ2n) is 2.29. The van der Waals surface area contributed by atoms with E-state index < -0.39 is 18.0 Å². The Kier molecular flexibility index (Phi) is 2.93. The van der Waals surface area contributed by atoms with Crippen LogP contribution in [0.3, 0.4) is 0 Å². The number of ketones is 1. The van der Waals surface area contributed by atoms with Crippen LogP contribution in [0.25, 0.3) is 0 Å². The Morgan fingerprint density at radius 1 is 1.38 bits per heavy atom. The number of carbonyl (C=O) groups is 1. The summed E-state index contributed by atoms with van der Waals surface area (Å²) in [7, 11) is 0. The van der Waals surface area contributed by atoms with Crippen molar-refractivity contribution in [3.63, 3.8) is 0 Å². The van der Waals surface area contributed by atoms with Crippen molar-refractivity contribution in [2.75, 3.05) is 0 Å². The number of benzene rings is 1. The molecule has 1 aromatic rings. The van der Waals surface area contributed by atoms with E-state index in [4.69, 9.17) is 11.6 Å². The Morgan fingerprint density at radius 2 is 2.00 bits per heavy atom. The summed E-state index contributed by atoms with van der Waals surface area (Å²) in [6.45, 7) is 0. The summed E-state index contributed by atoms with van der Waals surface area (Å²) in [6, 6.07) is 2.72. The van der Waals surface area contributed by atoms with Crippen molar-refractivity contribution >= 4 is 17.4 Å². The molecule has 1 aromatic carbocycles. The van der Waals surface area contributed by atoms with Crippen molar-refractivity contribution in [3.05, 3.63) is 34.6 Å². The molecule has 0 saturated heterocycles. The molecule has 0 aromatic heterocycles. The smallest absolute Gasteiger partial charge is 0.288 e. The lowest BCUT2D eigenvalue weighted by atomic mass is 10.1. The van der Waals surface area contributed by atoms with E-state index in [1.807, 2.05) is 0 Å². The van der Waals surface area contributed by atoms with Crippen LogP contribution in [0.4, 0.5) is 13.2 Å². The van der Waals surface area contributed by atoms with Gasteiger partial charge in [0.05, 0.1) is 5.02 Å². The average Bonchev–Trinajstić information content (AvgIpc) is 2.08. The molecule has 0 amide bonds. The lowest BCUT2D eigenvalue weighted by Gasteiger charge is -2.00. The average molecular weight is 209 g/mol. The fourth-order valence-electron chi connectivity index (χ4n) is 0.775. The van der Waals surface area contributed by atoms with Crippen LogP contribution in [0.15, 0.2) is 18.2 Å². The largest absolute Gasteiger partial charge is 0.300 e. The predicted molar refractivity (Wildman–Crippen MR) is 41.7 cm³/mol. The van der Waals surface area contributed by atoms with Crippen molar-refractivity contribution in [3.8, 4) is 0 Å². The first-order valence-electron chi connectivity index (χ1n) is 3.30. The van der Waals surface area contributed by atoms with Crippen LogP contribution in [-0.4, -0.2) is 12.2 Å². The summed E-state index contributed by atoms with van der Waals surface area (Å²) >= 11 is 5.29. The van der Waals surface area contributed by atoms with Gasteiger partial charge in [0.2, 0.25) is 5.78 Å². The van der Waals surface area contributed by atoms with E-state index in [0.717, 1.165) is 18.2 Å². The Morgan fingerprint density at radius 3 is 2.46 bits per heavy atom. The molecule has 0 spiro atoms. The molecule has 0 unspecified atom stereocenters. The number of hydrogen-bond acceptors (Lipinski definition) is 1. The van der Waals surface area contributed by atoms with Crippen LogP contribution in [0, 0.1) is 5.82 Å². The Bertz CT molecular complexity index is 338. The molecule has 0 radical (unpaired) electrons. The van der Waals surface area contributed by atoms with Crippen LogP contribution < -0.4 is 0 Å². The van der Waals surface area contributed by atoms with Gasteiger partial charge in [0.1, 0.15) is 5.82 Å². The second kappa shape index (κ2) is 3.79. The highest BCUT2D eigenvalue weighted by Gasteiger charge is 2.18. The highest BCUT2D eigenvalue weighted by molar-refractivity contribution is 6.31. The summed E-state index contributed by atoms with van der Waals surface area (Å²) in [5.74, 6) is -2.10. The van der Waals surface area contributed by atoms with E-state index in [2.05, 4.69) is 0 Å². The first-order chi connectivity index (χ1) is 6.02. The maximum absolute atomic E-state index is 12.5. The van der Waals surface area contributed by atoms with Gasteiger partial charge in [0, 0.05) is 5.56 Å². The normalized spacial score (nSPS) is 10.5. The van der Waals surface area contributed by atoms with Gasteiger partial charge in [-0.25, -0.2) is 13.2 Å². The van der Waals surface area contributed by atoms with E-state index >= 15 is 0 Å². The molecule has 0 aliphatic carbocycles. The fraction of sp³-hybridized carbons (Fsp3) is 0.125. The molecular formula is C8H4ClF3O. The van der Waals surface area contributed by atoms with Crippen molar-refractivity contribution < 1.29 is 18.0 Å². The van der Waals surface area contributed by atoms with Gasteiger partial charge in [-0.05, 0) is 18.2 Å². The zero-order chi connectivity index (χ0) is 10.0. The molecule has 5 heteroatoms. The van der Waals surface area contributed by atoms with Crippen LogP contribution in [0.2, 0.25) is 5.02 Å². The third kappa shape index (κ3) is 2.21. The molecule has 1 rings (SSSR count). The van der Waals surface area contributed by atoms with Gasteiger partial charge in [-0.3, -0.25) is 4.79 Å². The molecule has 0 N–H and O–H groups in total. The van der Waals surface area contributed by atoms with Gasteiger partial charge in [0.15, 0.2) is 0 Å². The van der Waals surface area contributed by atoms with Gasteiger partial charge in [0.25, 0.3) is 0 Å². The molecule has 0 fully saturated rings. The highest BCUT2D eigenvalue weighted by Crippen LogP contribution is 2.17. The maximum atomic E-state index is 12.5. The van der Waals surface area contributed by atoms with Crippen molar-refractivity contribution in [2.24, 2.45) is 0 Å². The SMILES string of the molecule is O=C(c1ccc(F)c(Cl)c1)C(F)F. The van der Waals surface area contributed by atoms with E-state index in [1.165, 1.54) is 0 Å². The first-order valence-corrected chi connectivity index (χ1v) is 3.67. The molecule has 0 saturated carbocycles. The number of alkyl halides is 2. The maximum Gasteiger partial charge on any atom is 0.300 e. The van der Waals surface area contributed by atoms with Gasteiger partial charge < -0.3 is 0 Å². The third-order valence-corrected chi connectivity index (χ3v) is 1.69. The molecular weight excluding hydrogens is 205 g/mol. The van der Waals surface area contributed by atoms with E-state index in [9.17, 15) is 18.0 Å². The summed E-state index contributed by atoms with van der Waals surface area (Å²) in [5, 5.41) is -0.341. The van der Waals surface area contributed by atoms with Gasteiger partial charge in [-0.1, -0.05) is 11.6 Å². The first kappa shape index (κ1) is 10.1. The Balaban J connectivity index is 3.04. The van der Waals surface area contributed by atoms with Crippen LogP contribution >= 0.6 is 11.6 Å². The summed E-state index contributed by atoms with van der Waals surface area (Å²) < 4.78 is 36.3. The molecule has 0 aliphatic heterocycles. The summed E-state index contributed by atoms with van der Waals surface area (Å²) in [4.78, 5) is 10.7. The molecule has 0 heterocycles. The topological polar surface area (TPSA) is 17.1 Å². The quantitative estimate of drug-likeness (QED) is 0.683. The lowest BCUT2D eigenvalue weighted by Crippen LogP contribution is -2.10.